The minimum Gasteiger partial charge on any atom is -0.398 e. The number of thioether (sulfide) groups is 1. The van der Waals surface area contributed by atoms with Gasteiger partial charge in [-0.2, -0.15) is 4.57 Å². The Morgan fingerprint density at radius 1 is 0.895 bits per heavy atom. The number of allylic oxidation sites excluding steroid dienone is 3. The summed E-state index contributed by atoms with van der Waals surface area (Å²) in [5.74, 6) is 0.0486. The zero-order valence-corrected chi connectivity index (χ0v) is 24.2. The Hall–Kier alpha value is -2.83. The normalized spacial score (nSPS) is 17.2. The molecule has 6 heteroatoms. The summed E-state index contributed by atoms with van der Waals surface area (Å²) in [6.45, 7) is 6.39. The predicted octanol–water partition coefficient (Wildman–Crippen LogP) is 7.98. The molecule has 5 rings (SSSR count). The van der Waals surface area contributed by atoms with Crippen molar-refractivity contribution in [1.82, 2.24) is 0 Å². The van der Waals surface area contributed by atoms with E-state index in [-0.39, 0.29) is 5.78 Å². The molecule has 1 aliphatic carbocycles. The highest BCUT2D eigenvalue weighted by atomic mass is 32.2. The number of para-hydroxylation sites is 2. The minimum atomic E-state index is 0.0486. The maximum absolute atomic E-state index is 13.4. The number of carbonyl (C=O) groups is 1. The molecule has 0 radical (unpaired) electrons. The van der Waals surface area contributed by atoms with Crippen molar-refractivity contribution >= 4 is 50.9 Å². The van der Waals surface area contributed by atoms with Gasteiger partial charge in [0.15, 0.2) is 12.3 Å². The summed E-state index contributed by atoms with van der Waals surface area (Å²) >= 11 is 3.47. The molecule has 2 heterocycles. The van der Waals surface area contributed by atoms with E-state index >= 15 is 0 Å². The van der Waals surface area contributed by atoms with Crippen molar-refractivity contribution in [1.29, 1.82) is 0 Å². The van der Waals surface area contributed by atoms with Crippen molar-refractivity contribution in [3.63, 3.8) is 0 Å². The number of hydrogen-bond acceptors (Lipinski definition) is 5. The highest BCUT2D eigenvalue weighted by molar-refractivity contribution is 8.03. The second-order valence-corrected chi connectivity index (χ2v) is 12.2. The van der Waals surface area contributed by atoms with E-state index in [1.807, 2.05) is 12.2 Å². The van der Waals surface area contributed by atoms with E-state index < -0.39 is 0 Å². The molecule has 2 aliphatic rings. The van der Waals surface area contributed by atoms with Crippen LogP contribution in [0.25, 0.3) is 16.3 Å². The van der Waals surface area contributed by atoms with Gasteiger partial charge >= 0.3 is 0 Å². The molecule has 2 aromatic carbocycles. The molecule has 1 aromatic heterocycles. The molecule has 0 fully saturated rings. The van der Waals surface area contributed by atoms with Crippen LogP contribution < -0.4 is 15.2 Å². The molecule has 0 saturated carbocycles. The number of aromatic nitrogens is 1. The van der Waals surface area contributed by atoms with Crippen molar-refractivity contribution in [3.05, 3.63) is 81.5 Å². The van der Waals surface area contributed by atoms with Crippen molar-refractivity contribution in [2.24, 2.45) is 5.73 Å². The van der Waals surface area contributed by atoms with Gasteiger partial charge in [-0.05, 0) is 37.1 Å². The van der Waals surface area contributed by atoms with E-state index in [1.165, 1.54) is 59.3 Å². The predicted molar refractivity (Wildman–Crippen MR) is 162 cm³/mol. The van der Waals surface area contributed by atoms with Crippen LogP contribution in [0.3, 0.4) is 0 Å². The molecule has 0 spiro atoms. The van der Waals surface area contributed by atoms with E-state index in [0.717, 1.165) is 36.0 Å². The Morgan fingerprint density at radius 2 is 1.63 bits per heavy atom. The van der Waals surface area contributed by atoms with Crippen LogP contribution in [0.4, 0.5) is 5.69 Å². The summed E-state index contributed by atoms with van der Waals surface area (Å²) in [4.78, 5) is 17.0. The fraction of sp³-hybridized carbons (Fsp3) is 0.375. The quantitative estimate of drug-likeness (QED) is 0.143. The number of anilines is 1. The standard InChI is InChI=1S/C32H37N3OS2/c1-3-5-7-13-19-34-25-15-9-11-17-27(25)37-29(34)21-23-31(33)24(32(23)36)22-30-35(20-14-8-6-4-2)26-16-10-12-18-28(26)38-30/h9-12,15-18,21-22H,3-8,13-14,19-20H2,1-2H3,(H-,33,36)/p+1. The van der Waals surface area contributed by atoms with Crippen LogP contribution in [0.15, 0.2) is 81.4 Å². The van der Waals surface area contributed by atoms with Crippen molar-refractivity contribution in [3.8, 4) is 0 Å². The molecule has 0 atom stereocenters. The molecule has 0 saturated heterocycles. The Morgan fingerprint density at radius 3 is 2.42 bits per heavy atom. The average Bonchev–Trinajstić information content (AvgIpc) is 3.48. The number of nitrogens with zero attached hydrogens (tertiary/aromatic N) is 2. The van der Waals surface area contributed by atoms with Gasteiger partial charge in [-0.25, -0.2) is 0 Å². The lowest BCUT2D eigenvalue weighted by atomic mass is 9.86. The number of rotatable bonds is 12. The van der Waals surface area contributed by atoms with Gasteiger partial charge in [-0.1, -0.05) is 93.3 Å². The number of ketones is 1. The number of Topliss-reactive ketones (excluding diaryl/α,β-unsaturated/α-hetero) is 1. The zero-order chi connectivity index (χ0) is 26.5. The Bertz CT molecular complexity index is 1420. The largest absolute Gasteiger partial charge is 0.398 e. The first-order chi connectivity index (χ1) is 18.6. The van der Waals surface area contributed by atoms with Crippen LogP contribution in [-0.4, -0.2) is 12.3 Å². The van der Waals surface area contributed by atoms with Crippen LogP contribution in [0.1, 0.15) is 70.2 Å². The summed E-state index contributed by atoms with van der Waals surface area (Å²) < 4.78 is 3.60. The lowest BCUT2D eigenvalue weighted by Crippen LogP contribution is -2.36. The molecule has 38 heavy (non-hydrogen) atoms. The fourth-order valence-corrected chi connectivity index (χ4v) is 7.44. The van der Waals surface area contributed by atoms with E-state index in [1.54, 1.807) is 23.1 Å². The second kappa shape index (κ2) is 12.4. The minimum absolute atomic E-state index is 0.0486. The molecular formula is C32H38N3OS2+. The molecule has 4 nitrogen and oxygen atoms in total. The van der Waals surface area contributed by atoms with Gasteiger partial charge in [-0.15, -0.1) is 0 Å². The third-order valence-electron chi connectivity index (χ3n) is 7.35. The average molecular weight is 545 g/mol. The lowest BCUT2D eigenvalue weighted by Gasteiger charge is -2.24. The van der Waals surface area contributed by atoms with E-state index in [2.05, 4.69) is 71.8 Å². The molecular weight excluding hydrogens is 507 g/mol. The molecule has 3 aromatic rings. The monoisotopic (exact) mass is 544 g/mol. The van der Waals surface area contributed by atoms with E-state index in [9.17, 15) is 4.79 Å². The van der Waals surface area contributed by atoms with Gasteiger partial charge in [0.25, 0.3) is 5.01 Å². The summed E-state index contributed by atoms with van der Waals surface area (Å²) in [5, 5.41) is 2.20. The van der Waals surface area contributed by atoms with Gasteiger partial charge in [0, 0.05) is 35.6 Å². The summed E-state index contributed by atoms with van der Waals surface area (Å²) in [6, 6.07) is 17.0. The van der Waals surface area contributed by atoms with Gasteiger partial charge < -0.3 is 10.6 Å². The number of carbonyl (C=O) groups excluding carboxylic acids is 1. The molecule has 0 bridgehead atoms. The van der Waals surface area contributed by atoms with Crippen molar-refractivity contribution in [2.75, 3.05) is 11.4 Å². The maximum atomic E-state index is 13.4. The summed E-state index contributed by atoms with van der Waals surface area (Å²) in [5.41, 5.74) is 10.9. The van der Waals surface area contributed by atoms with Crippen molar-refractivity contribution in [2.45, 2.75) is 76.7 Å². The number of thiazole rings is 1. The SMILES string of the molecule is CCCCCCN1C(=CC2=C(N)C(=Cc3sc4ccccc4[n+]3CCCCCC)C2=O)Sc2ccccc21. The smallest absolute Gasteiger partial charge is 0.263 e. The van der Waals surface area contributed by atoms with Crippen LogP contribution in [0.2, 0.25) is 0 Å². The van der Waals surface area contributed by atoms with Gasteiger partial charge in [0.05, 0.1) is 22.0 Å². The molecule has 198 valence electrons. The Kier molecular flexibility index (Phi) is 8.70. The number of hydrogen-bond donors (Lipinski definition) is 1. The van der Waals surface area contributed by atoms with Crippen LogP contribution in [-0.2, 0) is 11.3 Å². The highest BCUT2D eigenvalue weighted by Gasteiger charge is 2.34. The van der Waals surface area contributed by atoms with E-state index in [4.69, 9.17) is 5.73 Å². The third kappa shape index (κ3) is 5.48. The molecule has 2 N–H and O–H groups in total. The number of aryl methyl sites for hydroxylation is 1. The second-order valence-electron chi connectivity index (χ2n) is 10.1. The third-order valence-corrected chi connectivity index (χ3v) is 9.57. The van der Waals surface area contributed by atoms with Crippen LogP contribution in [0.5, 0.6) is 0 Å². The topological polar surface area (TPSA) is 50.2 Å². The van der Waals surface area contributed by atoms with Crippen LogP contribution in [0, 0.1) is 0 Å². The van der Waals surface area contributed by atoms with Crippen LogP contribution >= 0.6 is 23.1 Å². The first kappa shape index (κ1) is 26.8. The maximum Gasteiger partial charge on any atom is 0.263 e. The molecule has 0 amide bonds. The fourth-order valence-electron chi connectivity index (χ4n) is 5.18. The van der Waals surface area contributed by atoms with Gasteiger partial charge in [-0.3, -0.25) is 4.79 Å². The molecule has 0 unspecified atom stereocenters. The number of unbranched alkanes of at least 4 members (excludes halogenated alkanes) is 6. The lowest BCUT2D eigenvalue weighted by molar-refractivity contribution is -0.669. The van der Waals surface area contributed by atoms with E-state index in [0.29, 0.717) is 16.8 Å². The van der Waals surface area contributed by atoms with Crippen molar-refractivity contribution < 1.29 is 9.36 Å². The summed E-state index contributed by atoms with van der Waals surface area (Å²) in [6.07, 6.45) is 13.7. The zero-order valence-electron chi connectivity index (χ0n) is 22.5. The Labute approximate surface area is 234 Å². The number of nitrogens with two attached hydrogens (primary N) is 1. The Balaban J connectivity index is 1.42. The number of fused-ring (bicyclic) bond motifs is 2. The highest BCUT2D eigenvalue weighted by Crippen LogP contribution is 2.47. The first-order valence-corrected chi connectivity index (χ1v) is 15.7. The molecule has 1 aliphatic heterocycles. The summed E-state index contributed by atoms with van der Waals surface area (Å²) in [7, 11) is 0. The first-order valence-electron chi connectivity index (χ1n) is 14.1. The van der Waals surface area contributed by atoms with Gasteiger partial charge in [0.2, 0.25) is 5.52 Å². The number of benzene rings is 2. The van der Waals surface area contributed by atoms with Gasteiger partial charge in [0.1, 0.15) is 4.70 Å².